The lowest BCUT2D eigenvalue weighted by Crippen LogP contribution is -1.92. The summed E-state index contributed by atoms with van der Waals surface area (Å²) in [7, 11) is 0. The van der Waals surface area contributed by atoms with Gasteiger partial charge in [0.15, 0.2) is 11.5 Å². The summed E-state index contributed by atoms with van der Waals surface area (Å²) in [5.41, 5.74) is 5.56. The fourth-order valence-corrected chi connectivity index (χ4v) is 3.61. The summed E-state index contributed by atoms with van der Waals surface area (Å²) in [4.78, 5) is 4.66. The van der Waals surface area contributed by atoms with Crippen LogP contribution >= 0.6 is 11.3 Å². The van der Waals surface area contributed by atoms with Crippen LogP contribution in [0.4, 0.5) is 0 Å². The summed E-state index contributed by atoms with van der Waals surface area (Å²) in [5.74, 6) is 0.484. The highest BCUT2D eigenvalue weighted by molar-refractivity contribution is 7.11. The minimum atomic E-state index is 0.0823. The zero-order chi connectivity index (χ0) is 19.4. The van der Waals surface area contributed by atoms with E-state index in [-0.39, 0.29) is 5.75 Å². The molecule has 3 rings (SSSR count). The lowest BCUT2D eigenvalue weighted by molar-refractivity contribution is 0.318. The maximum atomic E-state index is 9.83. The van der Waals surface area contributed by atoms with Gasteiger partial charge in [0.05, 0.1) is 17.9 Å². The van der Waals surface area contributed by atoms with Crippen LogP contribution in [0.5, 0.6) is 11.5 Å². The van der Waals surface area contributed by atoms with Gasteiger partial charge < -0.3 is 9.84 Å². The Balaban J connectivity index is 1.95. The second-order valence-electron chi connectivity index (χ2n) is 6.19. The number of aryl methyl sites for hydroxylation is 2. The number of nitrogens with zero attached hydrogens (tertiary/aromatic N) is 2. The molecule has 136 valence electrons. The Labute approximate surface area is 163 Å². The number of nitriles is 1. The number of phenolic OH excluding ortho intramolecular Hbond substituents is 1. The lowest BCUT2D eigenvalue weighted by atomic mass is 10.0. The minimum Gasteiger partial charge on any atom is -0.504 e. The Morgan fingerprint density at radius 1 is 1.26 bits per heavy atom. The molecule has 1 N–H and O–H groups in total. The van der Waals surface area contributed by atoms with Gasteiger partial charge >= 0.3 is 0 Å². The lowest BCUT2D eigenvalue weighted by Gasteiger charge is -2.06. The predicted octanol–water partition coefficient (Wildman–Crippen LogP) is 5.60. The van der Waals surface area contributed by atoms with Gasteiger partial charge in [-0.15, -0.1) is 11.3 Å². The molecular formula is C22H20N2O2S. The van der Waals surface area contributed by atoms with Crippen molar-refractivity contribution in [3.63, 3.8) is 0 Å². The Bertz CT molecular complexity index is 1040. The van der Waals surface area contributed by atoms with E-state index in [1.807, 2.05) is 12.3 Å². The zero-order valence-corrected chi connectivity index (χ0v) is 16.3. The van der Waals surface area contributed by atoms with E-state index in [2.05, 4.69) is 43.1 Å². The molecule has 3 aromatic rings. The molecule has 5 heteroatoms. The monoisotopic (exact) mass is 376 g/mol. The van der Waals surface area contributed by atoms with Gasteiger partial charge in [-0.25, -0.2) is 4.98 Å². The van der Waals surface area contributed by atoms with Gasteiger partial charge in [0.2, 0.25) is 0 Å². The maximum Gasteiger partial charge on any atom is 0.161 e. The van der Waals surface area contributed by atoms with E-state index in [4.69, 9.17) is 4.74 Å². The first-order valence-electron chi connectivity index (χ1n) is 8.63. The second kappa shape index (κ2) is 8.07. The number of aromatic hydroxyl groups is 1. The van der Waals surface area contributed by atoms with Gasteiger partial charge in [0.1, 0.15) is 11.1 Å². The van der Waals surface area contributed by atoms with Crippen LogP contribution in [-0.2, 0) is 0 Å². The molecule has 2 aromatic carbocycles. The van der Waals surface area contributed by atoms with E-state index in [9.17, 15) is 10.4 Å². The molecule has 0 aliphatic heterocycles. The number of hydrogen-bond acceptors (Lipinski definition) is 5. The summed E-state index contributed by atoms with van der Waals surface area (Å²) in [6, 6.07) is 13.5. The van der Waals surface area contributed by atoms with Crippen molar-refractivity contribution in [2.75, 3.05) is 6.61 Å². The third kappa shape index (κ3) is 4.18. The molecule has 0 saturated carbocycles. The topological polar surface area (TPSA) is 66.1 Å². The van der Waals surface area contributed by atoms with E-state index in [0.717, 1.165) is 22.4 Å². The highest BCUT2D eigenvalue weighted by Gasteiger charge is 2.11. The minimum absolute atomic E-state index is 0.0823. The number of rotatable bonds is 5. The van der Waals surface area contributed by atoms with Crippen LogP contribution in [0.2, 0.25) is 0 Å². The van der Waals surface area contributed by atoms with Gasteiger partial charge in [0, 0.05) is 10.9 Å². The van der Waals surface area contributed by atoms with Crippen LogP contribution in [0, 0.1) is 25.2 Å². The summed E-state index contributed by atoms with van der Waals surface area (Å²) < 4.78 is 5.41. The summed E-state index contributed by atoms with van der Waals surface area (Å²) >= 11 is 1.44. The van der Waals surface area contributed by atoms with E-state index >= 15 is 0 Å². The average molecular weight is 376 g/mol. The normalized spacial score (nSPS) is 11.3. The van der Waals surface area contributed by atoms with Crippen LogP contribution in [-0.4, -0.2) is 16.7 Å². The number of allylic oxidation sites excluding steroid dienone is 1. The summed E-state index contributed by atoms with van der Waals surface area (Å²) in [6.45, 7) is 6.44. The van der Waals surface area contributed by atoms with Gasteiger partial charge in [-0.1, -0.05) is 29.8 Å². The number of phenols is 1. The van der Waals surface area contributed by atoms with Crippen LogP contribution < -0.4 is 4.74 Å². The number of aromatic nitrogens is 1. The second-order valence-corrected chi connectivity index (χ2v) is 7.04. The maximum absolute atomic E-state index is 9.83. The zero-order valence-electron chi connectivity index (χ0n) is 15.5. The number of ether oxygens (including phenoxy) is 1. The van der Waals surface area contributed by atoms with Crippen molar-refractivity contribution in [3.8, 4) is 28.8 Å². The van der Waals surface area contributed by atoms with Crippen molar-refractivity contribution in [2.24, 2.45) is 0 Å². The number of thiazole rings is 1. The van der Waals surface area contributed by atoms with Crippen LogP contribution in [0.25, 0.3) is 22.9 Å². The highest BCUT2D eigenvalue weighted by atomic mass is 32.1. The average Bonchev–Trinajstić information content (AvgIpc) is 3.12. The molecule has 1 aromatic heterocycles. The Morgan fingerprint density at radius 3 is 2.78 bits per heavy atom. The SMILES string of the molecule is CCOc1cc(/C=C(\C#N)c2nc(-c3ccc(C)cc3C)cs2)ccc1O. The fraction of sp³-hybridized carbons (Fsp3) is 0.182. The van der Waals surface area contributed by atoms with Gasteiger partial charge in [-0.2, -0.15) is 5.26 Å². The first kappa shape index (κ1) is 18.7. The van der Waals surface area contributed by atoms with Crippen molar-refractivity contribution in [2.45, 2.75) is 20.8 Å². The van der Waals surface area contributed by atoms with Crippen LogP contribution in [0.15, 0.2) is 41.8 Å². The molecule has 1 heterocycles. The van der Waals surface area contributed by atoms with E-state index < -0.39 is 0 Å². The molecular weight excluding hydrogens is 356 g/mol. The van der Waals surface area contributed by atoms with Crippen molar-refractivity contribution in [3.05, 3.63) is 63.5 Å². The first-order chi connectivity index (χ1) is 13.0. The molecule has 0 spiro atoms. The molecule has 0 saturated heterocycles. The van der Waals surface area contributed by atoms with Gasteiger partial charge in [-0.3, -0.25) is 0 Å². The van der Waals surface area contributed by atoms with E-state index in [0.29, 0.717) is 22.9 Å². The Morgan fingerprint density at radius 2 is 2.07 bits per heavy atom. The third-order valence-corrected chi connectivity index (χ3v) is 4.98. The van der Waals surface area contributed by atoms with Gasteiger partial charge in [0.25, 0.3) is 0 Å². The largest absolute Gasteiger partial charge is 0.504 e. The van der Waals surface area contributed by atoms with Crippen LogP contribution in [0.3, 0.4) is 0 Å². The molecule has 0 radical (unpaired) electrons. The van der Waals surface area contributed by atoms with Crippen molar-refractivity contribution in [1.29, 1.82) is 5.26 Å². The molecule has 4 nitrogen and oxygen atoms in total. The molecule has 27 heavy (non-hydrogen) atoms. The smallest absolute Gasteiger partial charge is 0.161 e. The Kier molecular flexibility index (Phi) is 5.58. The number of benzene rings is 2. The summed E-state index contributed by atoms with van der Waals surface area (Å²) in [6.07, 6.45) is 1.76. The first-order valence-corrected chi connectivity index (χ1v) is 9.51. The van der Waals surface area contributed by atoms with E-state index in [1.54, 1.807) is 24.3 Å². The Hall–Kier alpha value is -3.10. The molecule has 0 bridgehead atoms. The predicted molar refractivity (Wildman–Crippen MR) is 110 cm³/mol. The quantitative estimate of drug-likeness (QED) is 0.589. The molecule has 0 fully saturated rings. The molecule has 0 aliphatic rings. The van der Waals surface area contributed by atoms with E-state index in [1.165, 1.54) is 16.9 Å². The summed E-state index contributed by atoms with van der Waals surface area (Å²) in [5, 5.41) is 22.1. The molecule has 0 aliphatic carbocycles. The van der Waals surface area contributed by atoms with Crippen LogP contribution in [0.1, 0.15) is 28.6 Å². The van der Waals surface area contributed by atoms with Crippen molar-refractivity contribution < 1.29 is 9.84 Å². The molecule has 0 unspecified atom stereocenters. The van der Waals surface area contributed by atoms with Gasteiger partial charge in [-0.05, 0) is 50.1 Å². The highest BCUT2D eigenvalue weighted by Crippen LogP contribution is 2.31. The molecule has 0 atom stereocenters. The fourth-order valence-electron chi connectivity index (χ4n) is 2.82. The van der Waals surface area contributed by atoms with Crippen molar-refractivity contribution >= 4 is 23.0 Å². The standard InChI is InChI=1S/C22H20N2O2S/c1-4-26-21-11-16(6-8-20(21)25)10-17(12-23)22-24-19(13-27-22)18-7-5-14(2)9-15(18)3/h5-11,13,25H,4H2,1-3H3/b17-10+. The van der Waals surface area contributed by atoms with Crippen molar-refractivity contribution in [1.82, 2.24) is 4.98 Å². The molecule has 0 amide bonds. The number of hydrogen-bond donors (Lipinski definition) is 1. The third-order valence-electron chi connectivity index (χ3n) is 4.11.